The fraction of sp³-hybridized carbons (Fsp3) is 0.500. The van der Waals surface area contributed by atoms with Gasteiger partial charge in [0.2, 0.25) is 5.91 Å². The zero-order chi connectivity index (χ0) is 20.5. The SMILES string of the molecule is CCc1cc2c(COC(=O)[C@H]3CC(=O)N(C4CCCC4)C3)cc(=O)oc2cc1O. The first-order valence-corrected chi connectivity index (χ1v) is 10.2. The Hall–Kier alpha value is -2.83. The molecule has 154 valence electrons. The van der Waals surface area contributed by atoms with E-state index in [9.17, 15) is 19.5 Å². The molecule has 0 spiro atoms. The van der Waals surface area contributed by atoms with Crippen LogP contribution in [0.2, 0.25) is 0 Å². The van der Waals surface area contributed by atoms with Crippen molar-refractivity contribution in [1.29, 1.82) is 0 Å². The van der Waals surface area contributed by atoms with E-state index in [1.165, 1.54) is 12.1 Å². The Balaban J connectivity index is 1.48. The maximum atomic E-state index is 12.6. The molecule has 1 aliphatic carbocycles. The quantitative estimate of drug-likeness (QED) is 0.613. The maximum absolute atomic E-state index is 12.6. The summed E-state index contributed by atoms with van der Waals surface area (Å²) in [6, 6.07) is 4.72. The first kappa shape index (κ1) is 19.5. The molecule has 0 radical (unpaired) electrons. The molecule has 2 aromatic rings. The lowest BCUT2D eigenvalue weighted by molar-refractivity contribution is -0.149. The van der Waals surface area contributed by atoms with Crippen LogP contribution < -0.4 is 5.63 Å². The van der Waals surface area contributed by atoms with E-state index in [4.69, 9.17) is 9.15 Å². The van der Waals surface area contributed by atoms with Gasteiger partial charge in [-0.15, -0.1) is 0 Å². The van der Waals surface area contributed by atoms with Crippen LogP contribution in [0.5, 0.6) is 5.75 Å². The van der Waals surface area contributed by atoms with Crippen molar-refractivity contribution in [3.63, 3.8) is 0 Å². The minimum Gasteiger partial charge on any atom is -0.508 e. The van der Waals surface area contributed by atoms with Crippen molar-refractivity contribution in [3.8, 4) is 5.75 Å². The van der Waals surface area contributed by atoms with Gasteiger partial charge in [0.05, 0.1) is 5.92 Å². The topological polar surface area (TPSA) is 97.1 Å². The Bertz CT molecular complexity index is 1000. The molecule has 7 heteroatoms. The van der Waals surface area contributed by atoms with E-state index < -0.39 is 17.5 Å². The number of amides is 1. The number of benzene rings is 1. The summed E-state index contributed by atoms with van der Waals surface area (Å²) < 4.78 is 10.6. The molecule has 2 fully saturated rings. The summed E-state index contributed by atoms with van der Waals surface area (Å²) in [5, 5.41) is 10.6. The molecule has 2 aliphatic rings. The van der Waals surface area contributed by atoms with E-state index in [1.54, 1.807) is 6.07 Å². The van der Waals surface area contributed by atoms with Gasteiger partial charge in [-0.3, -0.25) is 9.59 Å². The van der Waals surface area contributed by atoms with Gasteiger partial charge in [0.1, 0.15) is 17.9 Å². The van der Waals surface area contributed by atoms with Crippen molar-refractivity contribution in [1.82, 2.24) is 4.90 Å². The number of likely N-dealkylation sites (tertiary alicyclic amines) is 1. The molecule has 29 heavy (non-hydrogen) atoms. The number of carbonyl (C=O) groups is 2. The zero-order valence-electron chi connectivity index (χ0n) is 16.5. The Labute approximate surface area is 168 Å². The molecule has 0 unspecified atom stereocenters. The van der Waals surface area contributed by atoms with Gasteiger partial charge in [-0.05, 0) is 30.9 Å². The predicted octanol–water partition coefficient (Wildman–Crippen LogP) is 2.90. The fourth-order valence-electron chi connectivity index (χ4n) is 4.43. The summed E-state index contributed by atoms with van der Waals surface area (Å²) in [6.45, 7) is 2.24. The lowest BCUT2D eigenvalue weighted by Crippen LogP contribution is -2.35. The normalized spacial score (nSPS) is 20.0. The second-order valence-electron chi connectivity index (χ2n) is 7.91. The van der Waals surface area contributed by atoms with Crippen molar-refractivity contribution in [3.05, 3.63) is 39.7 Å². The Morgan fingerprint density at radius 1 is 1.21 bits per heavy atom. The number of carbonyl (C=O) groups excluding carboxylic acids is 2. The average molecular weight is 399 g/mol. The number of rotatable bonds is 5. The first-order valence-electron chi connectivity index (χ1n) is 10.2. The summed E-state index contributed by atoms with van der Waals surface area (Å²) in [4.78, 5) is 38.6. The molecular weight excluding hydrogens is 374 g/mol. The number of ether oxygens (including phenoxy) is 1. The molecule has 0 bridgehead atoms. The molecule has 1 saturated carbocycles. The fourth-order valence-corrected chi connectivity index (χ4v) is 4.43. The number of aromatic hydroxyl groups is 1. The van der Waals surface area contributed by atoms with Crippen molar-refractivity contribution in [2.75, 3.05) is 6.54 Å². The van der Waals surface area contributed by atoms with Crippen molar-refractivity contribution in [2.24, 2.45) is 5.92 Å². The second-order valence-corrected chi connectivity index (χ2v) is 7.91. The largest absolute Gasteiger partial charge is 0.508 e. The summed E-state index contributed by atoms with van der Waals surface area (Å²) in [6.07, 6.45) is 5.06. The minimum atomic E-state index is -0.573. The second kappa shape index (κ2) is 7.89. The number of phenols is 1. The third-order valence-corrected chi connectivity index (χ3v) is 6.04. The van der Waals surface area contributed by atoms with E-state index in [2.05, 4.69) is 0 Å². The molecule has 2 heterocycles. The van der Waals surface area contributed by atoms with E-state index in [0.717, 1.165) is 25.7 Å². The highest BCUT2D eigenvalue weighted by Crippen LogP contribution is 2.31. The first-order chi connectivity index (χ1) is 14.0. The zero-order valence-corrected chi connectivity index (χ0v) is 16.5. The van der Waals surface area contributed by atoms with Crippen LogP contribution in [0.25, 0.3) is 11.0 Å². The van der Waals surface area contributed by atoms with Crippen LogP contribution in [0.4, 0.5) is 0 Å². The van der Waals surface area contributed by atoms with Gasteiger partial charge < -0.3 is 19.2 Å². The molecule has 1 saturated heterocycles. The minimum absolute atomic E-state index is 0.0210. The van der Waals surface area contributed by atoms with Crippen LogP contribution in [0, 0.1) is 5.92 Å². The number of esters is 1. The van der Waals surface area contributed by atoms with E-state index in [-0.39, 0.29) is 36.3 Å². The van der Waals surface area contributed by atoms with Gasteiger partial charge >= 0.3 is 11.6 Å². The summed E-state index contributed by atoms with van der Waals surface area (Å²) in [5.74, 6) is -0.805. The van der Waals surface area contributed by atoms with Crippen LogP contribution >= 0.6 is 0 Å². The van der Waals surface area contributed by atoms with Gasteiger partial charge in [0.25, 0.3) is 0 Å². The summed E-state index contributed by atoms with van der Waals surface area (Å²) in [7, 11) is 0. The Morgan fingerprint density at radius 2 is 1.97 bits per heavy atom. The molecule has 1 N–H and O–H groups in total. The standard InChI is InChI=1S/C22H25NO6/c1-2-13-7-17-15(9-21(26)29-19(17)10-18(13)24)12-28-22(27)14-8-20(25)23(11-14)16-5-3-4-6-16/h7,9-10,14,16,24H,2-6,8,11-12H2,1H3/t14-/m0/s1. The van der Waals surface area contributed by atoms with E-state index in [1.807, 2.05) is 11.8 Å². The lowest BCUT2D eigenvalue weighted by Gasteiger charge is -2.23. The number of hydrogen-bond donors (Lipinski definition) is 1. The van der Waals surface area contributed by atoms with Gasteiger partial charge in [-0.25, -0.2) is 4.79 Å². The molecule has 1 aromatic heterocycles. The van der Waals surface area contributed by atoms with Gasteiger partial charge in [0, 0.05) is 42.1 Å². The van der Waals surface area contributed by atoms with Crippen LogP contribution in [-0.2, 0) is 27.4 Å². The number of phenolic OH excluding ortho intramolecular Hbond substituents is 1. The Morgan fingerprint density at radius 3 is 2.69 bits per heavy atom. The number of fused-ring (bicyclic) bond motifs is 1. The third-order valence-electron chi connectivity index (χ3n) is 6.04. The summed E-state index contributed by atoms with van der Waals surface area (Å²) in [5.41, 5.74) is 0.918. The van der Waals surface area contributed by atoms with Crippen LogP contribution in [-0.4, -0.2) is 34.5 Å². The van der Waals surface area contributed by atoms with Crippen LogP contribution in [0.1, 0.15) is 50.2 Å². The molecule has 1 atom stereocenters. The van der Waals surface area contributed by atoms with Crippen molar-refractivity contribution >= 4 is 22.8 Å². The van der Waals surface area contributed by atoms with Crippen LogP contribution in [0.15, 0.2) is 27.4 Å². The molecule has 1 aromatic carbocycles. The number of aryl methyl sites for hydroxylation is 1. The van der Waals surface area contributed by atoms with Crippen LogP contribution in [0.3, 0.4) is 0 Å². The van der Waals surface area contributed by atoms with Gasteiger partial charge in [-0.1, -0.05) is 19.8 Å². The third kappa shape index (κ3) is 3.86. The monoisotopic (exact) mass is 399 g/mol. The smallest absolute Gasteiger partial charge is 0.336 e. The molecule has 1 amide bonds. The molecular formula is C22H25NO6. The predicted molar refractivity (Wildman–Crippen MR) is 105 cm³/mol. The highest BCUT2D eigenvalue weighted by atomic mass is 16.5. The highest BCUT2D eigenvalue weighted by molar-refractivity contribution is 5.87. The van der Waals surface area contributed by atoms with Crippen molar-refractivity contribution in [2.45, 2.75) is 58.1 Å². The van der Waals surface area contributed by atoms with E-state index in [0.29, 0.717) is 29.5 Å². The number of nitrogens with zero attached hydrogens (tertiary/aromatic N) is 1. The van der Waals surface area contributed by atoms with Crippen molar-refractivity contribution < 1.29 is 23.8 Å². The average Bonchev–Trinajstić information content (AvgIpc) is 3.34. The van der Waals surface area contributed by atoms with E-state index >= 15 is 0 Å². The Kier molecular flexibility index (Phi) is 5.30. The highest BCUT2D eigenvalue weighted by Gasteiger charge is 2.39. The molecule has 1 aliphatic heterocycles. The maximum Gasteiger partial charge on any atom is 0.336 e. The van der Waals surface area contributed by atoms with Gasteiger partial charge in [-0.2, -0.15) is 0 Å². The summed E-state index contributed by atoms with van der Waals surface area (Å²) >= 11 is 0. The lowest BCUT2D eigenvalue weighted by atomic mass is 10.0. The molecule has 4 rings (SSSR count). The number of hydrogen-bond acceptors (Lipinski definition) is 6. The van der Waals surface area contributed by atoms with Gasteiger partial charge in [0.15, 0.2) is 0 Å². The molecule has 7 nitrogen and oxygen atoms in total.